The number of carbonyl (C=O) groups is 5. The van der Waals surface area contributed by atoms with Gasteiger partial charge in [0, 0.05) is 52.4 Å². The normalized spacial score (nSPS) is 10.3. The van der Waals surface area contributed by atoms with E-state index in [2.05, 4.69) is 21.3 Å². The van der Waals surface area contributed by atoms with Gasteiger partial charge in [-0.15, -0.1) is 0 Å². The lowest BCUT2D eigenvalue weighted by atomic mass is 10.3. The van der Waals surface area contributed by atoms with Crippen LogP contribution in [0.25, 0.3) is 0 Å². The SMILES string of the molecule is CC(=O)CCNC(=O)c1cc(NC(=O)CCNC(=O)c2cc(NC=O)cn2C)cn1C. The van der Waals surface area contributed by atoms with Gasteiger partial charge in [0.15, 0.2) is 0 Å². The molecule has 0 radical (unpaired) electrons. The summed E-state index contributed by atoms with van der Waals surface area (Å²) in [6.45, 7) is 1.80. The molecule has 0 spiro atoms. The molecule has 0 bridgehead atoms. The van der Waals surface area contributed by atoms with E-state index in [4.69, 9.17) is 0 Å². The monoisotopic (exact) mass is 430 g/mol. The van der Waals surface area contributed by atoms with Crippen molar-refractivity contribution in [3.8, 4) is 0 Å². The van der Waals surface area contributed by atoms with E-state index >= 15 is 0 Å². The highest BCUT2D eigenvalue weighted by molar-refractivity contribution is 5.97. The van der Waals surface area contributed by atoms with Gasteiger partial charge in [-0.2, -0.15) is 0 Å². The second-order valence-electron chi connectivity index (χ2n) is 6.97. The number of ketones is 1. The van der Waals surface area contributed by atoms with Crippen LogP contribution in [0.2, 0.25) is 0 Å². The van der Waals surface area contributed by atoms with Gasteiger partial charge in [0.2, 0.25) is 12.3 Å². The fraction of sp³-hybridized carbons (Fsp3) is 0.350. The first kappa shape index (κ1) is 23.4. The van der Waals surface area contributed by atoms with Crippen LogP contribution in [0.3, 0.4) is 0 Å². The van der Waals surface area contributed by atoms with Crippen molar-refractivity contribution in [2.45, 2.75) is 19.8 Å². The molecule has 0 saturated carbocycles. The van der Waals surface area contributed by atoms with Crippen molar-refractivity contribution in [2.75, 3.05) is 23.7 Å². The third-order valence-corrected chi connectivity index (χ3v) is 4.38. The summed E-state index contributed by atoms with van der Waals surface area (Å²) in [5.41, 5.74) is 1.62. The first-order chi connectivity index (χ1) is 14.7. The molecule has 11 heteroatoms. The summed E-state index contributed by atoms with van der Waals surface area (Å²) in [5.74, 6) is -1.07. The van der Waals surface area contributed by atoms with E-state index in [0.717, 1.165) is 0 Å². The topological polar surface area (TPSA) is 143 Å². The van der Waals surface area contributed by atoms with E-state index in [1.165, 1.54) is 19.1 Å². The molecule has 31 heavy (non-hydrogen) atoms. The Hall–Kier alpha value is -3.89. The van der Waals surface area contributed by atoms with Gasteiger partial charge in [-0.1, -0.05) is 0 Å². The Labute approximate surface area is 179 Å². The second-order valence-corrected chi connectivity index (χ2v) is 6.97. The van der Waals surface area contributed by atoms with Crippen LogP contribution in [-0.2, 0) is 28.5 Å². The van der Waals surface area contributed by atoms with Gasteiger partial charge in [0.25, 0.3) is 11.8 Å². The van der Waals surface area contributed by atoms with Crippen LogP contribution in [0.4, 0.5) is 11.4 Å². The number of amides is 4. The minimum atomic E-state index is -0.376. The van der Waals surface area contributed by atoms with E-state index < -0.39 is 0 Å². The Morgan fingerprint density at radius 2 is 1.39 bits per heavy atom. The Bertz CT molecular complexity index is 990. The number of Topliss-reactive ketones (excluding diaryl/α,β-unsaturated/α-hetero) is 1. The van der Waals surface area contributed by atoms with Gasteiger partial charge in [0.1, 0.15) is 17.2 Å². The molecule has 0 unspecified atom stereocenters. The number of hydrogen-bond acceptors (Lipinski definition) is 5. The second kappa shape index (κ2) is 10.8. The fourth-order valence-electron chi connectivity index (χ4n) is 2.84. The molecule has 2 aromatic heterocycles. The predicted molar refractivity (Wildman–Crippen MR) is 114 cm³/mol. The average Bonchev–Trinajstić information content (AvgIpc) is 3.23. The van der Waals surface area contributed by atoms with Crippen LogP contribution >= 0.6 is 0 Å². The molecule has 2 aromatic rings. The van der Waals surface area contributed by atoms with Crippen LogP contribution in [0.1, 0.15) is 40.7 Å². The number of aryl methyl sites for hydroxylation is 2. The molecule has 0 fully saturated rings. The maximum atomic E-state index is 12.2. The molecule has 0 atom stereocenters. The first-order valence-corrected chi connectivity index (χ1v) is 9.60. The maximum Gasteiger partial charge on any atom is 0.267 e. The zero-order chi connectivity index (χ0) is 23.0. The Morgan fingerprint density at radius 1 is 0.871 bits per heavy atom. The van der Waals surface area contributed by atoms with E-state index in [9.17, 15) is 24.0 Å². The molecule has 0 aromatic carbocycles. The van der Waals surface area contributed by atoms with Gasteiger partial charge in [-0.3, -0.25) is 24.0 Å². The molecular weight excluding hydrogens is 404 g/mol. The van der Waals surface area contributed by atoms with Crippen LogP contribution in [-0.4, -0.2) is 52.1 Å². The van der Waals surface area contributed by atoms with Gasteiger partial charge in [0.05, 0.1) is 11.4 Å². The maximum absolute atomic E-state index is 12.2. The summed E-state index contributed by atoms with van der Waals surface area (Å²) in [6, 6.07) is 3.06. The summed E-state index contributed by atoms with van der Waals surface area (Å²) in [6.07, 6.45) is 4.00. The zero-order valence-electron chi connectivity index (χ0n) is 17.7. The molecule has 4 N–H and O–H groups in total. The van der Waals surface area contributed by atoms with Crippen molar-refractivity contribution in [3.63, 3.8) is 0 Å². The number of aromatic nitrogens is 2. The van der Waals surface area contributed by atoms with Crippen LogP contribution < -0.4 is 21.3 Å². The zero-order valence-corrected chi connectivity index (χ0v) is 17.7. The molecule has 0 aliphatic carbocycles. The predicted octanol–water partition coefficient (Wildman–Crippen LogP) is 0.399. The van der Waals surface area contributed by atoms with E-state index in [-0.39, 0.29) is 49.4 Å². The quantitative estimate of drug-likeness (QED) is 0.382. The van der Waals surface area contributed by atoms with E-state index in [1.54, 1.807) is 35.6 Å². The number of nitrogens with one attached hydrogen (secondary N) is 4. The molecule has 4 amide bonds. The molecule has 0 aliphatic rings. The molecule has 11 nitrogen and oxygen atoms in total. The van der Waals surface area contributed by atoms with Crippen molar-refractivity contribution in [1.29, 1.82) is 0 Å². The van der Waals surface area contributed by atoms with Gasteiger partial charge in [-0.05, 0) is 19.1 Å². The molecule has 166 valence electrons. The molecular formula is C20H26N6O5. The lowest BCUT2D eigenvalue weighted by Gasteiger charge is -2.06. The molecule has 2 rings (SSSR count). The summed E-state index contributed by atoms with van der Waals surface area (Å²) in [7, 11) is 3.34. The summed E-state index contributed by atoms with van der Waals surface area (Å²) < 4.78 is 3.13. The van der Waals surface area contributed by atoms with Gasteiger partial charge < -0.3 is 30.4 Å². The van der Waals surface area contributed by atoms with Crippen molar-refractivity contribution < 1.29 is 24.0 Å². The largest absolute Gasteiger partial charge is 0.350 e. The summed E-state index contributed by atoms with van der Waals surface area (Å²) >= 11 is 0. The highest BCUT2D eigenvalue weighted by Crippen LogP contribution is 2.14. The summed E-state index contributed by atoms with van der Waals surface area (Å²) in [5, 5.41) is 10.4. The fourth-order valence-corrected chi connectivity index (χ4v) is 2.84. The smallest absolute Gasteiger partial charge is 0.267 e. The first-order valence-electron chi connectivity index (χ1n) is 9.60. The highest BCUT2D eigenvalue weighted by Gasteiger charge is 2.14. The Morgan fingerprint density at radius 3 is 1.94 bits per heavy atom. The Balaban J connectivity index is 1.82. The van der Waals surface area contributed by atoms with Crippen molar-refractivity contribution >= 4 is 41.3 Å². The van der Waals surface area contributed by atoms with Crippen LogP contribution in [0, 0.1) is 0 Å². The number of rotatable bonds is 11. The number of hydrogen-bond donors (Lipinski definition) is 4. The number of nitrogens with zero attached hydrogens (tertiary/aromatic N) is 2. The van der Waals surface area contributed by atoms with Gasteiger partial charge >= 0.3 is 0 Å². The lowest BCUT2D eigenvalue weighted by molar-refractivity contribution is -0.117. The van der Waals surface area contributed by atoms with Crippen molar-refractivity contribution in [3.05, 3.63) is 35.9 Å². The van der Waals surface area contributed by atoms with E-state index in [1.807, 2.05) is 0 Å². The number of carbonyl (C=O) groups excluding carboxylic acids is 5. The third kappa shape index (κ3) is 6.84. The Kier molecular flexibility index (Phi) is 8.12. The van der Waals surface area contributed by atoms with E-state index in [0.29, 0.717) is 29.2 Å². The van der Waals surface area contributed by atoms with Crippen molar-refractivity contribution in [1.82, 2.24) is 19.8 Å². The average molecular weight is 430 g/mol. The summed E-state index contributed by atoms with van der Waals surface area (Å²) in [4.78, 5) is 58.0. The van der Waals surface area contributed by atoms with Crippen molar-refractivity contribution in [2.24, 2.45) is 14.1 Å². The molecule has 2 heterocycles. The minimum absolute atomic E-state index is 0.0163. The highest BCUT2D eigenvalue weighted by atomic mass is 16.2. The van der Waals surface area contributed by atoms with Crippen LogP contribution in [0.5, 0.6) is 0 Å². The molecule has 0 aliphatic heterocycles. The molecule has 0 saturated heterocycles. The minimum Gasteiger partial charge on any atom is -0.350 e. The van der Waals surface area contributed by atoms with Gasteiger partial charge in [-0.25, -0.2) is 0 Å². The van der Waals surface area contributed by atoms with Crippen LogP contribution in [0.15, 0.2) is 24.5 Å². The number of anilines is 2. The lowest BCUT2D eigenvalue weighted by Crippen LogP contribution is -2.28. The third-order valence-electron chi connectivity index (χ3n) is 4.38. The standard InChI is InChI=1S/C20H26N6O5/c1-13(28)4-6-21-20(31)17-9-15(11-26(17)3)24-18(29)5-7-22-19(30)16-8-14(23-12-27)10-25(16)2/h8-12H,4-7H2,1-3H3,(H,21,31)(H,22,30)(H,23,27)(H,24,29).